The van der Waals surface area contributed by atoms with E-state index in [1.807, 2.05) is 0 Å². The van der Waals surface area contributed by atoms with E-state index in [4.69, 9.17) is 0 Å². The number of carbonyl (C=O) groups is 2. The normalized spacial score (nSPS) is 22.2. The molecule has 1 aliphatic carbocycles. The molecule has 4 rings (SSSR count). The van der Waals surface area contributed by atoms with Crippen LogP contribution in [0.15, 0.2) is 59.2 Å². The van der Waals surface area contributed by atoms with Crippen molar-refractivity contribution in [2.75, 3.05) is 11.5 Å². The van der Waals surface area contributed by atoms with Crippen LogP contribution in [0.3, 0.4) is 0 Å². The highest BCUT2D eigenvalue weighted by Gasteiger charge is 2.56. The van der Waals surface area contributed by atoms with Crippen molar-refractivity contribution in [3.63, 3.8) is 0 Å². The molecule has 2 aromatic rings. The van der Waals surface area contributed by atoms with Gasteiger partial charge in [-0.05, 0) is 61.9 Å². The minimum atomic E-state index is -5.18. The molecule has 6 nitrogen and oxygen atoms in total. The van der Waals surface area contributed by atoms with Crippen LogP contribution in [0.1, 0.15) is 56.7 Å². The van der Waals surface area contributed by atoms with Gasteiger partial charge in [0, 0.05) is 11.5 Å². The molecule has 0 radical (unpaired) electrons. The highest BCUT2D eigenvalue weighted by atomic mass is 19.4. The predicted octanol–water partition coefficient (Wildman–Crippen LogP) is 6.74. The number of hydrogen-bond acceptors (Lipinski definition) is 5. The number of phenolic OH excluding ortho intramolecular Hbond substituents is 1. The fourth-order valence-electron chi connectivity index (χ4n) is 6.23. The van der Waals surface area contributed by atoms with E-state index in [0.717, 1.165) is 5.57 Å². The van der Waals surface area contributed by atoms with E-state index in [1.54, 1.807) is 45.0 Å². The van der Waals surface area contributed by atoms with E-state index in [0.29, 0.717) is 40.2 Å². The number of halogens is 6. The monoisotopic (exact) mass is 625 g/mol. The molecule has 0 saturated carbocycles. The minimum Gasteiger partial charge on any atom is -0.507 e. The molecule has 1 fully saturated rings. The Hall–Kier alpha value is -3.64. The van der Waals surface area contributed by atoms with Crippen molar-refractivity contribution in [3.8, 4) is 5.75 Å². The SMILES string of the molecule is C/C(=C\c1ccccc1O)CC[C@@H](O)C1=C(C(C)C)C[C@H]2C(=O)N(c3cc(C(F)(F)F)cc(C(F)(F)F)c3)C(=O)[C@H]2[C@H]1CO. The molecule has 3 N–H and O–H groups in total. The molecule has 1 heterocycles. The van der Waals surface area contributed by atoms with Crippen LogP contribution in [0.25, 0.3) is 6.08 Å². The number of imide groups is 1. The molecule has 0 spiro atoms. The first kappa shape index (κ1) is 33.3. The summed E-state index contributed by atoms with van der Waals surface area (Å²) in [5.41, 5.74) is -1.85. The second-order valence-corrected chi connectivity index (χ2v) is 11.6. The Bertz CT molecular complexity index is 1460. The van der Waals surface area contributed by atoms with Gasteiger partial charge in [-0.2, -0.15) is 26.3 Å². The van der Waals surface area contributed by atoms with Crippen molar-refractivity contribution >= 4 is 23.6 Å². The number of aromatic hydroxyl groups is 1. The zero-order chi connectivity index (χ0) is 32.7. The largest absolute Gasteiger partial charge is 0.507 e. The van der Waals surface area contributed by atoms with Crippen molar-refractivity contribution < 1.29 is 51.3 Å². The Labute approximate surface area is 250 Å². The molecule has 2 aliphatic rings. The lowest BCUT2D eigenvalue weighted by Crippen LogP contribution is -2.40. The average molecular weight is 626 g/mol. The van der Waals surface area contributed by atoms with E-state index in [9.17, 15) is 51.3 Å². The number of phenols is 1. The Kier molecular flexibility index (Phi) is 9.37. The van der Waals surface area contributed by atoms with Gasteiger partial charge in [0.2, 0.25) is 11.8 Å². The Morgan fingerprint density at radius 2 is 1.59 bits per heavy atom. The number of alkyl halides is 6. The van der Waals surface area contributed by atoms with Gasteiger partial charge >= 0.3 is 12.4 Å². The van der Waals surface area contributed by atoms with Gasteiger partial charge in [0.25, 0.3) is 0 Å². The second-order valence-electron chi connectivity index (χ2n) is 11.6. The number of amides is 2. The van der Waals surface area contributed by atoms with Gasteiger partial charge < -0.3 is 15.3 Å². The lowest BCUT2D eigenvalue weighted by molar-refractivity contribution is -0.143. The van der Waals surface area contributed by atoms with Crippen LogP contribution in [0.4, 0.5) is 32.0 Å². The number of hydrogen-bond donors (Lipinski definition) is 3. The number of benzene rings is 2. The smallest absolute Gasteiger partial charge is 0.416 e. The van der Waals surface area contributed by atoms with Gasteiger partial charge in [-0.1, -0.05) is 49.3 Å². The fraction of sp³-hybridized carbons (Fsp3) is 0.438. The number of fused-ring (bicyclic) bond motifs is 1. The third-order valence-electron chi connectivity index (χ3n) is 8.35. The van der Waals surface area contributed by atoms with Crippen LogP contribution in [0.2, 0.25) is 0 Å². The molecule has 2 amide bonds. The summed E-state index contributed by atoms with van der Waals surface area (Å²) in [5.74, 6) is -5.68. The van der Waals surface area contributed by atoms with E-state index in [2.05, 4.69) is 0 Å². The van der Waals surface area contributed by atoms with Crippen LogP contribution < -0.4 is 4.90 Å². The first-order chi connectivity index (χ1) is 20.4. The van der Waals surface area contributed by atoms with E-state index in [1.165, 1.54) is 6.07 Å². The predicted molar refractivity (Wildman–Crippen MR) is 150 cm³/mol. The molecule has 4 atom stereocenters. The molecular formula is C32H33F6NO5. The summed E-state index contributed by atoms with van der Waals surface area (Å²) in [4.78, 5) is 27.6. The summed E-state index contributed by atoms with van der Waals surface area (Å²) in [6.45, 7) is 4.71. The van der Waals surface area contributed by atoms with Crippen LogP contribution in [0.5, 0.6) is 5.75 Å². The number of anilines is 1. The number of carbonyl (C=O) groups excluding carboxylic acids is 2. The van der Waals surface area contributed by atoms with Gasteiger partial charge in [0.05, 0.1) is 41.4 Å². The van der Waals surface area contributed by atoms with Gasteiger partial charge in [0.1, 0.15) is 5.75 Å². The number of nitrogens with zero attached hydrogens (tertiary/aromatic N) is 1. The Morgan fingerprint density at radius 3 is 2.11 bits per heavy atom. The third kappa shape index (κ3) is 6.56. The topological polar surface area (TPSA) is 98.1 Å². The number of rotatable bonds is 8. The lowest BCUT2D eigenvalue weighted by atomic mass is 9.66. The zero-order valence-electron chi connectivity index (χ0n) is 24.2. The molecule has 1 saturated heterocycles. The third-order valence-corrected chi connectivity index (χ3v) is 8.35. The van der Waals surface area contributed by atoms with Crippen molar-refractivity contribution in [3.05, 3.63) is 75.9 Å². The summed E-state index contributed by atoms with van der Waals surface area (Å²) < 4.78 is 81.2. The second kappa shape index (κ2) is 12.4. The van der Waals surface area contributed by atoms with Gasteiger partial charge in [-0.25, -0.2) is 4.90 Å². The van der Waals surface area contributed by atoms with E-state index in [-0.39, 0.29) is 30.6 Å². The Morgan fingerprint density at radius 1 is 1.00 bits per heavy atom. The summed E-state index contributed by atoms with van der Waals surface area (Å²) in [5, 5.41) is 31.9. The van der Waals surface area contributed by atoms with Crippen molar-refractivity contribution in [1.82, 2.24) is 0 Å². The highest BCUT2D eigenvalue weighted by molar-refractivity contribution is 6.22. The average Bonchev–Trinajstić information content (AvgIpc) is 3.19. The van der Waals surface area contributed by atoms with Crippen LogP contribution in [0, 0.1) is 23.7 Å². The molecule has 1 aliphatic heterocycles. The van der Waals surface area contributed by atoms with Gasteiger partial charge in [0.15, 0.2) is 0 Å². The van der Waals surface area contributed by atoms with Gasteiger partial charge in [-0.15, -0.1) is 0 Å². The Balaban J connectivity index is 1.68. The van der Waals surface area contributed by atoms with Crippen molar-refractivity contribution in [2.45, 2.75) is 58.5 Å². The van der Waals surface area contributed by atoms with Crippen LogP contribution in [-0.4, -0.2) is 39.8 Å². The van der Waals surface area contributed by atoms with Crippen LogP contribution >= 0.6 is 0 Å². The summed E-state index contributed by atoms with van der Waals surface area (Å²) in [7, 11) is 0. The molecule has 238 valence electrons. The molecule has 2 aromatic carbocycles. The molecule has 44 heavy (non-hydrogen) atoms. The zero-order valence-corrected chi connectivity index (χ0v) is 24.2. The highest BCUT2D eigenvalue weighted by Crippen LogP contribution is 2.50. The van der Waals surface area contributed by atoms with E-state index < -0.39 is 71.4 Å². The van der Waals surface area contributed by atoms with Crippen molar-refractivity contribution in [1.29, 1.82) is 0 Å². The quantitative estimate of drug-likeness (QED) is 0.171. The van der Waals surface area contributed by atoms with Crippen LogP contribution in [-0.2, 0) is 21.9 Å². The lowest BCUT2D eigenvalue weighted by Gasteiger charge is -2.38. The number of aliphatic hydroxyl groups excluding tert-OH is 2. The first-order valence-electron chi connectivity index (χ1n) is 14.1. The maximum atomic E-state index is 13.7. The number of allylic oxidation sites excluding steroid dienone is 2. The number of para-hydroxylation sites is 1. The summed E-state index contributed by atoms with van der Waals surface area (Å²) >= 11 is 0. The number of aliphatic hydroxyl groups is 2. The standard InChI is InChI=1S/C32H33F6NO5/c1-16(2)22-14-23-28(24(15-40)27(22)26(42)9-8-17(3)10-18-6-4-5-7-25(18)41)30(44)39(29(23)43)21-12-19(31(33,34)35)11-20(13-21)32(36,37)38/h4-7,10-13,16,23-24,26,28,40-42H,8-9,14-15H2,1-3H3/b17-10+/t23-,24+,26-,28-/m1/s1. The molecule has 12 heteroatoms. The van der Waals surface area contributed by atoms with Gasteiger partial charge in [-0.3, -0.25) is 9.59 Å². The molecular weight excluding hydrogens is 592 g/mol. The summed E-state index contributed by atoms with van der Waals surface area (Å²) in [6, 6.07) is 7.27. The molecule has 0 aromatic heterocycles. The van der Waals surface area contributed by atoms with E-state index >= 15 is 0 Å². The minimum absolute atomic E-state index is 0.0515. The van der Waals surface area contributed by atoms with Crippen molar-refractivity contribution in [2.24, 2.45) is 23.7 Å². The molecule has 0 bridgehead atoms. The fourth-order valence-corrected chi connectivity index (χ4v) is 6.23. The maximum Gasteiger partial charge on any atom is 0.416 e. The first-order valence-corrected chi connectivity index (χ1v) is 14.1. The summed E-state index contributed by atoms with van der Waals surface area (Å²) in [6.07, 6.45) is -9.31. The molecule has 0 unspecified atom stereocenters. The maximum absolute atomic E-state index is 13.7.